The number of nitrogens with zero attached hydrogens (tertiary/aromatic N) is 2. The van der Waals surface area contributed by atoms with Gasteiger partial charge in [0.15, 0.2) is 0 Å². The molecule has 2 nitrogen and oxygen atoms in total. The van der Waals surface area contributed by atoms with Gasteiger partial charge in [-0.15, -0.1) is 0 Å². The fourth-order valence-corrected chi connectivity index (χ4v) is 3.92. The van der Waals surface area contributed by atoms with Crippen LogP contribution in [0.15, 0.2) is 6.07 Å². The molecule has 3 heteroatoms. The molecular weight excluding hydrogens is 268 g/mol. The summed E-state index contributed by atoms with van der Waals surface area (Å²) < 4.78 is 0. The predicted molar refractivity (Wildman–Crippen MR) is 83.2 cm³/mol. The molecule has 0 radical (unpaired) electrons. The van der Waals surface area contributed by atoms with Crippen molar-refractivity contribution in [3.8, 4) is 0 Å². The van der Waals surface area contributed by atoms with Gasteiger partial charge in [-0.25, -0.2) is 9.97 Å². The smallest absolute Gasteiger partial charge is 0.133 e. The summed E-state index contributed by atoms with van der Waals surface area (Å²) in [5.74, 6) is 2.14. The van der Waals surface area contributed by atoms with Crippen molar-refractivity contribution in [2.24, 2.45) is 5.41 Å². The highest BCUT2D eigenvalue weighted by Crippen LogP contribution is 2.42. The minimum absolute atomic E-state index is 0.489. The summed E-state index contributed by atoms with van der Waals surface area (Å²) in [5.41, 5.74) is 1.69. The molecule has 3 rings (SSSR count). The SMILES string of the molecule is CC1(C)CCC(c2nc(Cl)cc(C3CCCC3)n2)CC1. The normalized spacial score (nSPS) is 24.1. The van der Waals surface area contributed by atoms with E-state index in [9.17, 15) is 0 Å². The van der Waals surface area contributed by atoms with Gasteiger partial charge in [0.05, 0.1) is 0 Å². The van der Waals surface area contributed by atoms with E-state index < -0.39 is 0 Å². The first-order valence-corrected chi connectivity index (χ1v) is 8.46. The van der Waals surface area contributed by atoms with Crippen LogP contribution in [0.1, 0.15) is 88.6 Å². The van der Waals surface area contributed by atoms with E-state index in [-0.39, 0.29) is 0 Å². The summed E-state index contributed by atoms with van der Waals surface area (Å²) in [7, 11) is 0. The topological polar surface area (TPSA) is 25.8 Å². The molecule has 2 saturated carbocycles. The van der Waals surface area contributed by atoms with Gasteiger partial charge in [-0.1, -0.05) is 38.3 Å². The summed E-state index contributed by atoms with van der Waals surface area (Å²) in [6.45, 7) is 4.73. The molecule has 110 valence electrons. The quantitative estimate of drug-likeness (QED) is 0.675. The first kappa shape index (κ1) is 14.3. The van der Waals surface area contributed by atoms with E-state index in [4.69, 9.17) is 16.6 Å². The Morgan fingerprint density at radius 2 is 1.65 bits per heavy atom. The lowest BCUT2D eigenvalue weighted by Crippen LogP contribution is -2.21. The van der Waals surface area contributed by atoms with Crippen molar-refractivity contribution in [3.05, 3.63) is 22.7 Å². The Morgan fingerprint density at radius 1 is 1.00 bits per heavy atom. The zero-order valence-corrected chi connectivity index (χ0v) is 13.4. The van der Waals surface area contributed by atoms with E-state index in [1.54, 1.807) is 0 Å². The first-order valence-electron chi connectivity index (χ1n) is 8.08. The third-order valence-corrected chi connectivity index (χ3v) is 5.40. The van der Waals surface area contributed by atoms with Crippen LogP contribution in [0.4, 0.5) is 0 Å². The lowest BCUT2D eigenvalue weighted by atomic mass is 9.73. The fraction of sp³-hybridized carbons (Fsp3) is 0.765. The van der Waals surface area contributed by atoms with E-state index in [2.05, 4.69) is 18.8 Å². The number of hydrogen-bond acceptors (Lipinski definition) is 2. The van der Waals surface area contributed by atoms with E-state index >= 15 is 0 Å². The monoisotopic (exact) mass is 292 g/mol. The van der Waals surface area contributed by atoms with Crippen molar-refractivity contribution in [1.82, 2.24) is 9.97 Å². The molecule has 2 aliphatic rings. The Kier molecular flexibility index (Phi) is 4.03. The molecule has 0 aromatic carbocycles. The van der Waals surface area contributed by atoms with E-state index in [0.29, 0.717) is 22.4 Å². The summed E-state index contributed by atoms with van der Waals surface area (Å²) in [6, 6.07) is 1.99. The van der Waals surface area contributed by atoms with Crippen molar-refractivity contribution in [2.45, 2.75) is 77.0 Å². The predicted octanol–water partition coefficient (Wildman–Crippen LogP) is 5.47. The molecule has 1 aromatic heterocycles. The van der Waals surface area contributed by atoms with Gasteiger partial charge in [-0.3, -0.25) is 0 Å². The van der Waals surface area contributed by atoms with Crippen LogP contribution in [0, 0.1) is 5.41 Å². The highest BCUT2D eigenvalue weighted by Gasteiger charge is 2.30. The Balaban J connectivity index is 1.79. The summed E-state index contributed by atoms with van der Waals surface area (Å²) in [5, 5.41) is 0.640. The van der Waals surface area contributed by atoms with Gasteiger partial charge in [-0.05, 0) is 50.0 Å². The van der Waals surface area contributed by atoms with Gasteiger partial charge < -0.3 is 0 Å². The van der Waals surface area contributed by atoms with Gasteiger partial charge in [0.1, 0.15) is 11.0 Å². The molecule has 1 heterocycles. The maximum absolute atomic E-state index is 6.25. The Morgan fingerprint density at radius 3 is 2.30 bits per heavy atom. The second-order valence-electron chi connectivity index (χ2n) is 7.39. The number of halogens is 1. The van der Waals surface area contributed by atoms with Gasteiger partial charge >= 0.3 is 0 Å². The second kappa shape index (κ2) is 5.63. The summed E-state index contributed by atoms with van der Waals surface area (Å²) in [6.07, 6.45) is 10.2. The average molecular weight is 293 g/mol. The molecule has 0 N–H and O–H groups in total. The van der Waals surface area contributed by atoms with Gasteiger partial charge in [0.2, 0.25) is 0 Å². The molecule has 0 spiro atoms. The minimum atomic E-state index is 0.489. The van der Waals surface area contributed by atoms with Crippen molar-refractivity contribution in [2.75, 3.05) is 0 Å². The summed E-state index contributed by atoms with van der Waals surface area (Å²) >= 11 is 6.25. The number of hydrogen-bond donors (Lipinski definition) is 0. The average Bonchev–Trinajstić information content (AvgIpc) is 2.91. The van der Waals surface area contributed by atoms with Crippen LogP contribution in [0.25, 0.3) is 0 Å². The largest absolute Gasteiger partial charge is 0.237 e. The molecule has 0 amide bonds. The molecule has 2 aliphatic carbocycles. The molecule has 0 aliphatic heterocycles. The second-order valence-corrected chi connectivity index (χ2v) is 7.78. The molecule has 0 bridgehead atoms. The molecule has 2 fully saturated rings. The van der Waals surface area contributed by atoms with Gasteiger partial charge in [-0.2, -0.15) is 0 Å². The maximum Gasteiger partial charge on any atom is 0.133 e. The molecule has 20 heavy (non-hydrogen) atoms. The molecule has 0 unspecified atom stereocenters. The zero-order chi connectivity index (χ0) is 14.2. The Hall–Kier alpha value is -0.630. The number of aromatic nitrogens is 2. The molecule has 1 aromatic rings. The zero-order valence-electron chi connectivity index (χ0n) is 12.7. The lowest BCUT2D eigenvalue weighted by molar-refractivity contribution is 0.220. The van der Waals surface area contributed by atoms with Crippen LogP contribution in [-0.2, 0) is 0 Å². The number of rotatable bonds is 2. The van der Waals surface area contributed by atoms with Crippen LogP contribution < -0.4 is 0 Å². The van der Waals surface area contributed by atoms with E-state index in [1.807, 2.05) is 6.07 Å². The van der Waals surface area contributed by atoms with Crippen molar-refractivity contribution in [1.29, 1.82) is 0 Å². The van der Waals surface area contributed by atoms with Crippen molar-refractivity contribution < 1.29 is 0 Å². The molecule has 0 saturated heterocycles. The third-order valence-electron chi connectivity index (χ3n) is 5.21. The summed E-state index contributed by atoms with van der Waals surface area (Å²) in [4.78, 5) is 9.42. The van der Waals surface area contributed by atoms with E-state index in [1.165, 1.54) is 57.1 Å². The highest BCUT2D eigenvalue weighted by molar-refractivity contribution is 6.29. The standard InChI is InChI=1S/C17H25ClN2/c1-17(2)9-7-13(8-10-17)16-19-14(11-15(18)20-16)12-5-3-4-6-12/h11-13H,3-10H2,1-2H3. The van der Waals surface area contributed by atoms with Crippen molar-refractivity contribution >= 4 is 11.6 Å². The van der Waals surface area contributed by atoms with Gasteiger partial charge in [0, 0.05) is 17.5 Å². The van der Waals surface area contributed by atoms with Gasteiger partial charge in [0.25, 0.3) is 0 Å². The Bertz CT molecular complexity index is 468. The first-order chi connectivity index (χ1) is 9.53. The molecule has 0 atom stereocenters. The highest BCUT2D eigenvalue weighted by atomic mass is 35.5. The molecular formula is C17H25ClN2. The van der Waals surface area contributed by atoms with Crippen LogP contribution in [0.5, 0.6) is 0 Å². The van der Waals surface area contributed by atoms with Crippen molar-refractivity contribution in [3.63, 3.8) is 0 Å². The van der Waals surface area contributed by atoms with Crippen LogP contribution in [-0.4, -0.2) is 9.97 Å². The van der Waals surface area contributed by atoms with Crippen LogP contribution in [0.3, 0.4) is 0 Å². The lowest BCUT2D eigenvalue weighted by Gasteiger charge is -2.33. The fourth-order valence-electron chi connectivity index (χ4n) is 3.72. The Labute approximate surface area is 127 Å². The van der Waals surface area contributed by atoms with E-state index in [0.717, 1.165) is 5.82 Å². The van der Waals surface area contributed by atoms with Crippen LogP contribution >= 0.6 is 11.6 Å². The van der Waals surface area contributed by atoms with Crippen LogP contribution in [0.2, 0.25) is 5.15 Å². The third kappa shape index (κ3) is 3.16. The minimum Gasteiger partial charge on any atom is -0.237 e. The maximum atomic E-state index is 6.25.